The molecule has 0 rings (SSSR count). The van der Waals surface area contributed by atoms with Gasteiger partial charge in [0.25, 0.3) is 0 Å². The van der Waals surface area contributed by atoms with Gasteiger partial charge in [0.2, 0.25) is 0 Å². The maximum atomic E-state index is 13.3. The molecule has 12 heteroatoms. The van der Waals surface area contributed by atoms with Crippen LogP contribution in [0.3, 0.4) is 0 Å². The maximum Gasteiger partial charge on any atom is 0.381 e. The first kappa shape index (κ1) is 38.1. The van der Waals surface area contributed by atoms with Crippen molar-refractivity contribution in [3.63, 3.8) is 0 Å². The summed E-state index contributed by atoms with van der Waals surface area (Å²) < 4.78 is 111. The second kappa shape index (κ2) is 20.9. The third-order valence-electron chi connectivity index (χ3n) is 6.40. The summed E-state index contributed by atoms with van der Waals surface area (Å²) in [6, 6.07) is 0. The smallest absolute Gasteiger partial charge is 0.381 e. The molecule has 0 heterocycles. The first-order valence-corrected chi connectivity index (χ1v) is 14.2. The third-order valence-corrected chi connectivity index (χ3v) is 6.40. The van der Waals surface area contributed by atoms with Crippen LogP contribution in [0.4, 0.5) is 35.1 Å². The lowest BCUT2D eigenvalue weighted by Crippen LogP contribution is -2.59. The summed E-state index contributed by atoms with van der Waals surface area (Å²) in [6.45, 7) is -0.343. The van der Waals surface area contributed by atoms with E-state index in [-0.39, 0.29) is 12.7 Å². The number of rotatable bonds is 25. The molecule has 0 amide bonds. The predicted octanol–water partition coefficient (Wildman–Crippen LogP) is 9.45. The van der Waals surface area contributed by atoms with Crippen LogP contribution >= 0.6 is 0 Å². The molecule has 0 aliphatic rings. The number of ether oxygens (including phenoxy) is 2. The van der Waals surface area contributed by atoms with Crippen molar-refractivity contribution < 1.29 is 54.2 Å². The Labute approximate surface area is 232 Å². The van der Waals surface area contributed by atoms with Crippen LogP contribution in [-0.4, -0.2) is 49.3 Å². The van der Waals surface area contributed by atoms with Crippen molar-refractivity contribution >= 4 is 11.9 Å². The second-order valence-electron chi connectivity index (χ2n) is 9.97. The van der Waals surface area contributed by atoms with Crippen molar-refractivity contribution in [3.8, 4) is 0 Å². The number of carbonyl (C=O) groups is 2. The van der Waals surface area contributed by atoms with Gasteiger partial charge in [-0.1, -0.05) is 110 Å². The van der Waals surface area contributed by atoms with E-state index in [0.29, 0.717) is 12.5 Å². The van der Waals surface area contributed by atoms with Gasteiger partial charge in [-0.2, -0.15) is 26.3 Å². The Morgan fingerprint density at radius 3 is 1.32 bits per heavy atom. The van der Waals surface area contributed by atoms with Crippen LogP contribution in [0.25, 0.3) is 0 Å². The van der Waals surface area contributed by atoms with Crippen molar-refractivity contribution in [2.75, 3.05) is 13.2 Å². The first-order chi connectivity index (χ1) is 18.8. The van der Waals surface area contributed by atoms with Crippen molar-refractivity contribution in [1.82, 2.24) is 0 Å². The number of hydrogen-bond acceptors (Lipinski definition) is 4. The number of halogens is 8. The van der Waals surface area contributed by atoms with Gasteiger partial charge in [-0.15, -0.1) is 0 Å². The molecular weight excluding hydrogens is 552 g/mol. The van der Waals surface area contributed by atoms with Crippen LogP contribution in [0.2, 0.25) is 0 Å². The molecule has 0 radical (unpaired) electrons. The van der Waals surface area contributed by atoms with E-state index in [1.165, 1.54) is 77.0 Å². The Bertz CT molecular complexity index is 714. The Kier molecular flexibility index (Phi) is 19.9. The molecule has 0 aromatic heterocycles. The molecular formula is C28H44F8O4. The average Bonchev–Trinajstić information content (AvgIpc) is 2.89. The fourth-order valence-electron chi connectivity index (χ4n) is 3.87. The molecule has 0 N–H and O–H groups in total. The molecule has 40 heavy (non-hydrogen) atoms. The van der Waals surface area contributed by atoms with Crippen LogP contribution in [0.1, 0.15) is 116 Å². The standard InChI is InChI=1S/C28H44F8O4/c1-2-3-4-5-6-7-8-9-10-11-12-13-14-15-16-17-18-21-39-23(37)19-20-24(38)40-22-26(31,32)28(35,36)27(33,34)25(29)30/h19-20,25H,2-18,21-22H2,1H3/b20-19+. The van der Waals surface area contributed by atoms with Gasteiger partial charge >= 0.3 is 36.1 Å². The summed E-state index contributed by atoms with van der Waals surface area (Å²) in [5.74, 6) is -21.4. The topological polar surface area (TPSA) is 52.6 Å². The van der Waals surface area contributed by atoms with Gasteiger partial charge in [0.05, 0.1) is 6.61 Å². The summed E-state index contributed by atoms with van der Waals surface area (Å²) in [5, 5.41) is 0. The lowest BCUT2D eigenvalue weighted by Gasteiger charge is -2.31. The fourth-order valence-corrected chi connectivity index (χ4v) is 3.87. The molecule has 4 nitrogen and oxygen atoms in total. The summed E-state index contributed by atoms with van der Waals surface area (Å²) in [5.41, 5.74) is 0. The van der Waals surface area contributed by atoms with Gasteiger partial charge in [-0.25, -0.2) is 18.4 Å². The lowest BCUT2D eigenvalue weighted by molar-refractivity contribution is -0.344. The Hall–Kier alpha value is -1.88. The average molecular weight is 597 g/mol. The number of unbranched alkanes of at least 4 members (excludes halogenated alkanes) is 16. The zero-order valence-electron chi connectivity index (χ0n) is 23.3. The van der Waals surface area contributed by atoms with Gasteiger partial charge in [-0.05, 0) is 6.42 Å². The Morgan fingerprint density at radius 1 is 0.600 bits per heavy atom. The van der Waals surface area contributed by atoms with E-state index < -0.39 is 42.7 Å². The highest BCUT2D eigenvalue weighted by molar-refractivity contribution is 5.91. The van der Waals surface area contributed by atoms with Crippen LogP contribution in [0, 0.1) is 0 Å². The van der Waals surface area contributed by atoms with Crippen LogP contribution < -0.4 is 0 Å². The zero-order valence-corrected chi connectivity index (χ0v) is 23.3. The summed E-state index contributed by atoms with van der Waals surface area (Å²) >= 11 is 0. The van der Waals surface area contributed by atoms with Crippen LogP contribution in [0.5, 0.6) is 0 Å². The molecule has 0 atom stereocenters. The zero-order chi connectivity index (χ0) is 30.5. The van der Waals surface area contributed by atoms with Crippen molar-refractivity contribution in [1.29, 1.82) is 0 Å². The molecule has 0 aromatic rings. The van der Waals surface area contributed by atoms with Crippen molar-refractivity contribution in [2.24, 2.45) is 0 Å². The molecule has 0 aliphatic carbocycles. The van der Waals surface area contributed by atoms with E-state index in [1.54, 1.807) is 0 Å². The summed E-state index contributed by atoms with van der Waals surface area (Å²) in [6.07, 6.45) is 15.8. The maximum absolute atomic E-state index is 13.3. The van der Waals surface area contributed by atoms with E-state index in [2.05, 4.69) is 11.7 Å². The summed E-state index contributed by atoms with van der Waals surface area (Å²) in [7, 11) is 0. The van der Waals surface area contributed by atoms with Gasteiger partial charge in [0.15, 0.2) is 6.61 Å². The Balaban J connectivity index is 3.81. The van der Waals surface area contributed by atoms with Gasteiger partial charge < -0.3 is 9.47 Å². The minimum Gasteiger partial charge on any atom is -0.463 e. The fraction of sp³-hybridized carbons (Fsp3) is 0.857. The summed E-state index contributed by atoms with van der Waals surface area (Å²) in [4.78, 5) is 22.8. The molecule has 0 spiro atoms. The van der Waals surface area contributed by atoms with Crippen LogP contribution in [-0.2, 0) is 19.1 Å². The number of esters is 2. The molecule has 0 aromatic carbocycles. The minimum atomic E-state index is -6.48. The van der Waals surface area contributed by atoms with E-state index in [0.717, 1.165) is 25.7 Å². The quantitative estimate of drug-likeness (QED) is 0.0456. The van der Waals surface area contributed by atoms with E-state index in [4.69, 9.17) is 4.74 Å². The normalized spacial score (nSPS) is 12.8. The van der Waals surface area contributed by atoms with Gasteiger partial charge in [0.1, 0.15) is 0 Å². The lowest BCUT2D eigenvalue weighted by atomic mass is 10.0. The highest BCUT2D eigenvalue weighted by atomic mass is 19.4. The molecule has 0 fully saturated rings. The highest BCUT2D eigenvalue weighted by Crippen LogP contribution is 2.48. The van der Waals surface area contributed by atoms with E-state index >= 15 is 0 Å². The van der Waals surface area contributed by atoms with E-state index in [1.807, 2.05) is 0 Å². The monoisotopic (exact) mass is 596 g/mol. The molecule has 0 unspecified atom stereocenters. The van der Waals surface area contributed by atoms with Crippen LogP contribution in [0.15, 0.2) is 12.2 Å². The number of alkyl halides is 8. The highest BCUT2D eigenvalue weighted by Gasteiger charge is 2.75. The number of carbonyl (C=O) groups excluding carboxylic acids is 2. The van der Waals surface area contributed by atoms with E-state index in [9.17, 15) is 44.7 Å². The molecule has 236 valence electrons. The molecule has 0 bridgehead atoms. The SMILES string of the molecule is CCCCCCCCCCCCCCCCCCCOC(=O)/C=C/C(=O)OCC(F)(F)C(F)(F)C(F)(F)C(F)F. The van der Waals surface area contributed by atoms with Crippen molar-refractivity contribution in [2.45, 2.75) is 140 Å². The molecule has 0 saturated carbocycles. The predicted molar refractivity (Wildman–Crippen MR) is 136 cm³/mol. The molecule has 0 aliphatic heterocycles. The Morgan fingerprint density at radius 2 is 0.950 bits per heavy atom. The van der Waals surface area contributed by atoms with Crippen molar-refractivity contribution in [3.05, 3.63) is 12.2 Å². The second-order valence-corrected chi connectivity index (χ2v) is 9.97. The van der Waals surface area contributed by atoms with Gasteiger partial charge in [-0.3, -0.25) is 0 Å². The van der Waals surface area contributed by atoms with Gasteiger partial charge in [0, 0.05) is 12.2 Å². The largest absolute Gasteiger partial charge is 0.463 e. The number of hydrogen-bond donors (Lipinski definition) is 0. The third kappa shape index (κ3) is 15.8. The molecule has 0 saturated heterocycles. The first-order valence-electron chi connectivity index (χ1n) is 14.2. The minimum absolute atomic E-state index is 0.0316.